The van der Waals surface area contributed by atoms with Crippen LogP contribution in [0.4, 0.5) is 5.82 Å². The van der Waals surface area contributed by atoms with Crippen molar-refractivity contribution >= 4 is 11.8 Å². The van der Waals surface area contributed by atoms with Gasteiger partial charge in [0.25, 0.3) is 0 Å². The van der Waals surface area contributed by atoms with Gasteiger partial charge in [0.15, 0.2) is 0 Å². The van der Waals surface area contributed by atoms with Gasteiger partial charge in [0, 0.05) is 19.3 Å². The van der Waals surface area contributed by atoms with Gasteiger partial charge in [-0.25, -0.2) is 9.78 Å². The van der Waals surface area contributed by atoms with Crippen LogP contribution >= 0.6 is 0 Å². The van der Waals surface area contributed by atoms with Crippen molar-refractivity contribution in [2.75, 3.05) is 18.0 Å². The topological polar surface area (TPSA) is 53.4 Å². The van der Waals surface area contributed by atoms with Gasteiger partial charge in [-0.1, -0.05) is 13.3 Å². The van der Waals surface area contributed by atoms with Gasteiger partial charge in [-0.3, -0.25) is 0 Å². The molecule has 17 heavy (non-hydrogen) atoms. The minimum Gasteiger partial charge on any atom is -0.478 e. The Morgan fingerprint density at radius 2 is 2.18 bits per heavy atom. The number of hydrogen-bond acceptors (Lipinski definition) is 3. The molecule has 0 bridgehead atoms. The summed E-state index contributed by atoms with van der Waals surface area (Å²) in [6.07, 6.45) is 3.80. The van der Waals surface area contributed by atoms with Crippen LogP contribution in [-0.4, -0.2) is 29.1 Å². The highest BCUT2D eigenvalue weighted by Crippen LogP contribution is 2.21. The number of aryl methyl sites for hydroxylation is 1. The second-order valence-corrected chi connectivity index (χ2v) is 4.06. The monoisotopic (exact) mass is 236 g/mol. The van der Waals surface area contributed by atoms with Gasteiger partial charge < -0.3 is 10.0 Å². The highest BCUT2D eigenvalue weighted by atomic mass is 16.4. The van der Waals surface area contributed by atoms with Crippen LogP contribution in [0.2, 0.25) is 0 Å². The first-order chi connectivity index (χ1) is 8.11. The second kappa shape index (κ2) is 6.23. The van der Waals surface area contributed by atoms with E-state index in [2.05, 4.69) is 11.9 Å². The van der Waals surface area contributed by atoms with Gasteiger partial charge in [0.05, 0.1) is 0 Å². The van der Waals surface area contributed by atoms with E-state index >= 15 is 0 Å². The largest absolute Gasteiger partial charge is 0.478 e. The molecule has 0 unspecified atom stereocenters. The van der Waals surface area contributed by atoms with E-state index in [4.69, 9.17) is 0 Å². The molecule has 0 radical (unpaired) electrons. The number of carboxylic acids is 1. The SMILES string of the molecule is CCCCN(CC)c1nccc(C)c1C(=O)O. The van der Waals surface area contributed by atoms with Crippen LogP contribution in [0.5, 0.6) is 0 Å². The Bertz CT molecular complexity index is 391. The van der Waals surface area contributed by atoms with Crippen LogP contribution in [-0.2, 0) is 0 Å². The molecule has 0 fully saturated rings. The van der Waals surface area contributed by atoms with Gasteiger partial charge in [0.1, 0.15) is 11.4 Å². The van der Waals surface area contributed by atoms with Gasteiger partial charge >= 0.3 is 5.97 Å². The molecule has 4 nitrogen and oxygen atoms in total. The third-order valence-corrected chi connectivity index (χ3v) is 2.82. The fraction of sp³-hybridized carbons (Fsp3) is 0.538. The van der Waals surface area contributed by atoms with E-state index in [0.29, 0.717) is 11.4 Å². The summed E-state index contributed by atoms with van der Waals surface area (Å²) in [5.41, 5.74) is 1.09. The lowest BCUT2D eigenvalue weighted by atomic mass is 10.1. The van der Waals surface area contributed by atoms with Gasteiger partial charge in [-0.2, -0.15) is 0 Å². The lowest BCUT2D eigenvalue weighted by molar-refractivity contribution is 0.0696. The normalized spacial score (nSPS) is 10.3. The average molecular weight is 236 g/mol. The average Bonchev–Trinajstić information content (AvgIpc) is 2.29. The van der Waals surface area contributed by atoms with Crippen LogP contribution in [0.15, 0.2) is 12.3 Å². The van der Waals surface area contributed by atoms with E-state index < -0.39 is 5.97 Å². The molecule has 4 heteroatoms. The molecule has 1 aromatic rings. The standard InChI is InChI=1S/C13H20N2O2/c1-4-6-9-15(5-2)12-11(13(16)17)10(3)7-8-14-12/h7-8H,4-6,9H2,1-3H3,(H,16,17). The molecule has 0 amide bonds. The first-order valence-corrected chi connectivity index (χ1v) is 6.05. The van der Waals surface area contributed by atoms with E-state index in [1.165, 1.54) is 0 Å². The molecule has 0 aromatic carbocycles. The van der Waals surface area contributed by atoms with Crippen molar-refractivity contribution in [2.45, 2.75) is 33.6 Å². The fourth-order valence-electron chi connectivity index (χ4n) is 1.81. The molecule has 94 valence electrons. The molecule has 0 aliphatic rings. The predicted octanol–water partition coefficient (Wildman–Crippen LogP) is 2.71. The molecule has 1 heterocycles. The Kier molecular flexibility index (Phi) is 4.94. The first-order valence-electron chi connectivity index (χ1n) is 6.05. The molecule has 0 aliphatic carbocycles. The number of aromatic nitrogens is 1. The molecule has 0 aliphatic heterocycles. The molecular weight excluding hydrogens is 216 g/mol. The third kappa shape index (κ3) is 3.19. The molecule has 1 rings (SSSR count). The molecule has 1 N–H and O–H groups in total. The van der Waals surface area contributed by atoms with Crippen molar-refractivity contribution in [1.29, 1.82) is 0 Å². The smallest absolute Gasteiger partial charge is 0.339 e. The van der Waals surface area contributed by atoms with Crippen molar-refractivity contribution in [3.8, 4) is 0 Å². The maximum atomic E-state index is 11.3. The number of nitrogens with zero attached hydrogens (tertiary/aromatic N) is 2. The van der Waals surface area contributed by atoms with Crippen molar-refractivity contribution in [2.24, 2.45) is 0 Å². The van der Waals surface area contributed by atoms with E-state index in [1.807, 2.05) is 18.7 Å². The van der Waals surface area contributed by atoms with Crippen LogP contribution in [0.25, 0.3) is 0 Å². The predicted molar refractivity (Wildman–Crippen MR) is 68.7 cm³/mol. The van der Waals surface area contributed by atoms with Crippen molar-refractivity contribution in [1.82, 2.24) is 4.98 Å². The summed E-state index contributed by atoms with van der Waals surface area (Å²) < 4.78 is 0. The number of aromatic carboxylic acids is 1. The number of hydrogen-bond donors (Lipinski definition) is 1. The van der Waals surface area contributed by atoms with E-state index in [0.717, 1.165) is 31.5 Å². The van der Waals surface area contributed by atoms with Crippen molar-refractivity contribution in [3.05, 3.63) is 23.4 Å². The maximum absolute atomic E-state index is 11.3. The Hall–Kier alpha value is -1.58. The van der Waals surface area contributed by atoms with Crippen molar-refractivity contribution < 1.29 is 9.90 Å². The van der Waals surface area contributed by atoms with Gasteiger partial charge in [0.2, 0.25) is 0 Å². The lowest BCUT2D eigenvalue weighted by Crippen LogP contribution is -2.27. The number of rotatable bonds is 6. The molecule has 0 atom stereocenters. The van der Waals surface area contributed by atoms with Crippen LogP contribution in [0, 0.1) is 6.92 Å². The molecule has 0 spiro atoms. The second-order valence-electron chi connectivity index (χ2n) is 4.06. The van der Waals surface area contributed by atoms with E-state index in [-0.39, 0.29) is 0 Å². The van der Waals surface area contributed by atoms with Crippen LogP contribution < -0.4 is 4.90 Å². The minimum atomic E-state index is -0.902. The number of carbonyl (C=O) groups is 1. The highest BCUT2D eigenvalue weighted by molar-refractivity contribution is 5.94. The van der Waals surface area contributed by atoms with Gasteiger partial charge in [-0.05, 0) is 31.9 Å². The maximum Gasteiger partial charge on any atom is 0.339 e. The summed E-state index contributed by atoms with van der Waals surface area (Å²) in [6, 6.07) is 1.74. The zero-order valence-electron chi connectivity index (χ0n) is 10.7. The van der Waals surface area contributed by atoms with E-state index in [1.54, 1.807) is 12.3 Å². The van der Waals surface area contributed by atoms with Crippen LogP contribution in [0.3, 0.4) is 0 Å². The summed E-state index contributed by atoms with van der Waals surface area (Å²) in [6.45, 7) is 7.57. The van der Waals surface area contributed by atoms with E-state index in [9.17, 15) is 9.90 Å². The minimum absolute atomic E-state index is 0.324. The number of carboxylic acid groups (broad SMARTS) is 1. The quantitative estimate of drug-likeness (QED) is 0.825. The summed E-state index contributed by atoms with van der Waals surface area (Å²) in [5, 5.41) is 9.25. The molecule has 0 saturated heterocycles. The summed E-state index contributed by atoms with van der Waals surface area (Å²) in [5.74, 6) is -0.311. The summed E-state index contributed by atoms with van der Waals surface area (Å²) in [7, 11) is 0. The Labute approximate surface area is 102 Å². The zero-order chi connectivity index (χ0) is 12.8. The number of pyridine rings is 1. The van der Waals surface area contributed by atoms with Crippen LogP contribution in [0.1, 0.15) is 42.6 Å². The molecule has 1 aromatic heterocycles. The fourth-order valence-corrected chi connectivity index (χ4v) is 1.81. The third-order valence-electron chi connectivity index (χ3n) is 2.82. The molecule has 0 saturated carbocycles. The number of unbranched alkanes of at least 4 members (excludes halogenated alkanes) is 1. The van der Waals surface area contributed by atoms with Crippen molar-refractivity contribution in [3.63, 3.8) is 0 Å². The Morgan fingerprint density at radius 1 is 1.47 bits per heavy atom. The molecular formula is C13H20N2O2. The van der Waals surface area contributed by atoms with Gasteiger partial charge in [-0.15, -0.1) is 0 Å². The number of anilines is 1. The zero-order valence-corrected chi connectivity index (χ0v) is 10.7. The summed E-state index contributed by atoms with van der Waals surface area (Å²) in [4.78, 5) is 17.5. The highest BCUT2D eigenvalue weighted by Gasteiger charge is 2.18. The Balaban J connectivity index is 3.09. The lowest BCUT2D eigenvalue weighted by Gasteiger charge is -2.23. The first kappa shape index (κ1) is 13.5. The Morgan fingerprint density at radius 3 is 2.71 bits per heavy atom. The summed E-state index contributed by atoms with van der Waals surface area (Å²) >= 11 is 0.